The molecule has 1 spiro atoms. The van der Waals surface area contributed by atoms with Crippen molar-refractivity contribution in [3.63, 3.8) is 0 Å². The maximum atomic E-state index is 14.1. The van der Waals surface area contributed by atoms with Crippen LogP contribution in [0, 0.1) is 29.1 Å². The van der Waals surface area contributed by atoms with Crippen LogP contribution in [-0.4, -0.2) is 100 Å². The lowest BCUT2D eigenvalue weighted by Crippen LogP contribution is -2.72. The predicted octanol–water partition coefficient (Wildman–Crippen LogP) is 4.15. The summed E-state index contributed by atoms with van der Waals surface area (Å²) in [4.78, 5) is 21.9. The van der Waals surface area contributed by atoms with E-state index < -0.39 is 22.7 Å². The number of aliphatic hydroxyl groups excluding tert-OH is 1. The first-order valence-electron chi connectivity index (χ1n) is 19.3. The van der Waals surface area contributed by atoms with Crippen molar-refractivity contribution in [3.05, 3.63) is 77.0 Å². The number of nitrogens with zero attached hydrogens (tertiary/aromatic N) is 4. The van der Waals surface area contributed by atoms with Crippen molar-refractivity contribution in [2.75, 3.05) is 38.8 Å². The van der Waals surface area contributed by atoms with Crippen LogP contribution in [0.5, 0.6) is 0 Å². The van der Waals surface area contributed by atoms with Crippen molar-refractivity contribution in [1.29, 1.82) is 0 Å². The number of benzene rings is 2. The highest BCUT2D eigenvalue weighted by Crippen LogP contribution is 2.73. The maximum absolute atomic E-state index is 14.1. The van der Waals surface area contributed by atoms with E-state index in [0.29, 0.717) is 25.1 Å². The SMILES string of the molecule is C/C=C1\CN2C3C[C@@H]1[C@@]1(C(=O)OC)[C@@H]2CC2(c4ccccc4N(C[C@H]4[C@@H]5C[C@H]6c7c(c8ccccc8n7C)C[C@@H]([C@@H]5CO[C@@]4(C)O)N6C)[C@@H]32)[C@@H]1O. The number of methoxy groups -OCH3 is 1. The summed E-state index contributed by atoms with van der Waals surface area (Å²) in [5.41, 5.74) is 6.15. The van der Waals surface area contributed by atoms with E-state index in [-0.39, 0.29) is 47.9 Å². The van der Waals surface area contributed by atoms with Crippen molar-refractivity contribution in [3.8, 4) is 0 Å². The molecule has 2 aromatic carbocycles. The van der Waals surface area contributed by atoms with E-state index in [2.05, 4.69) is 94.9 Å². The molecule has 1 aromatic heterocycles. The van der Waals surface area contributed by atoms with Crippen LogP contribution >= 0.6 is 0 Å². The number of aromatic nitrogens is 1. The van der Waals surface area contributed by atoms with Crippen LogP contribution in [0.1, 0.15) is 56.0 Å². The Kier molecular flexibility index (Phi) is 6.17. The molecule has 6 saturated heterocycles. The molecule has 1 aliphatic carbocycles. The Bertz CT molecular complexity index is 2040. The molecule has 51 heavy (non-hydrogen) atoms. The topological polar surface area (TPSA) is 90.6 Å². The largest absolute Gasteiger partial charge is 0.468 e. The molecule has 1 saturated carbocycles. The number of hydrogen-bond acceptors (Lipinski definition) is 8. The van der Waals surface area contributed by atoms with E-state index in [4.69, 9.17) is 9.47 Å². The second-order valence-electron chi connectivity index (χ2n) is 17.5. The van der Waals surface area contributed by atoms with Gasteiger partial charge < -0.3 is 29.2 Å². The molecular weight excluding hydrogens is 640 g/mol. The van der Waals surface area contributed by atoms with Crippen LogP contribution in [0.15, 0.2) is 60.2 Å². The first kappa shape index (κ1) is 31.3. The van der Waals surface area contributed by atoms with Crippen molar-refractivity contribution in [2.45, 2.75) is 87.0 Å². The molecule has 268 valence electrons. The highest BCUT2D eigenvalue weighted by molar-refractivity contribution is 5.86. The minimum absolute atomic E-state index is 0.0252. The number of allylic oxidation sites excluding steroid dienone is 1. The normalized spacial score (nSPS) is 46.3. The van der Waals surface area contributed by atoms with Gasteiger partial charge in [-0.1, -0.05) is 48.0 Å². The fraction of sp³-hybridized carbons (Fsp3) is 0.595. The summed E-state index contributed by atoms with van der Waals surface area (Å²) in [6, 6.07) is 18.1. The minimum Gasteiger partial charge on any atom is -0.468 e. The van der Waals surface area contributed by atoms with Gasteiger partial charge in [0, 0.05) is 83.7 Å². The molecule has 9 heterocycles. The number of likely N-dealkylation sites (N-methyl/N-ethyl adjacent to an activating group) is 1. The van der Waals surface area contributed by atoms with E-state index in [0.717, 1.165) is 43.5 Å². The van der Waals surface area contributed by atoms with Gasteiger partial charge >= 0.3 is 5.97 Å². The molecule has 2 N–H and O–H groups in total. The average Bonchev–Trinajstić information content (AvgIpc) is 3.66. The Balaban J connectivity index is 1.03. The standard InChI is InChI=1S/C42H50N4O5/c1-6-22-19-45-34-17-28(22)42(39(48)50-5)35(45)18-41(38(42)47)27-12-8-10-14-31(27)46(37(34)41)20-29-24-15-33-36-25(23-11-7-9-13-30(23)44(36)4)16-32(43(33)3)26(24)21-51-40(29,2)49/h6-14,24,26,28-29,32-35,37-38,47,49H,15-21H2,1-5H3/b22-6+/t24-,26-,28+,29+,32+,33+,34?,35+,37+,38+,40-,41?,42-/m1/s1. The lowest BCUT2D eigenvalue weighted by atomic mass is 9.58. The molecule has 3 unspecified atom stereocenters. The molecule has 3 aromatic rings. The van der Waals surface area contributed by atoms with Crippen LogP contribution in [-0.2, 0) is 33.2 Å². The van der Waals surface area contributed by atoms with Crippen LogP contribution in [0.3, 0.4) is 0 Å². The predicted molar refractivity (Wildman–Crippen MR) is 193 cm³/mol. The van der Waals surface area contributed by atoms with E-state index in [1.54, 1.807) is 0 Å². The summed E-state index contributed by atoms with van der Waals surface area (Å²) in [7, 11) is 6.01. The number of esters is 1. The van der Waals surface area contributed by atoms with Crippen molar-refractivity contribution >= 4 is 22.6 Å². The minimum atomic E-state index is -1.30. The monoisotopic (exact) mass is 690 g/mol. The summed E-state index contributed by atoms with van der Waals surface area (Å²) in [5.74, 6) is -1.21. The van der Waals surface area contributed by atoms with E-state index in [9.17, 15) is 15.0 Å². The van der Waals surface area contributed by atoms with Crippen molar-refractivity contribution < 1.29 is 24.5 Å². The van der Waals surface area contributed by atoms with Crippen molar-refractivity contribution in [2.24, 2.45) is 36.1 Å². The second-order valence-corrected chi connectivity index (χ2v) is 17.5. The lowest BCUT2D eigenvalue weighted by Gasteiger charge is -2.62. The van der Waals surface area contributed by atoms with Gasteiger partial charge in [0.25, 0.3) is 0 Å². The number of aliphatic hydroxyl groups is 2. The van der Waals surface area contributed by atoms with Gasteiger partial charge in [0.2, 0.25) is 0 Å². The van der Waals surface area contributed by atoms with Crippen LogP contribution in [0.2, 0.25) is 0 Å². The maximum Gasteiger partial charge on any atom is 0.316 e. The molecule has 7 bridgehead atoms. The third-order valence-corrected chi connectivity index (χ3v) is 16.3. The number of carbonyl (C=O) groups excluding carboxylic acids is 1. The highest BCUT2D eigenvalue weighted by Gasteiger charge is 2.83. The third-order valence-electron chi connectivity index (χ3n) is 16.3. The fourth-order valence-electron chi connectivity index (χ4n) is 14.4. The fourth-order valence-corrected chi connectivity index (χ4v) is 14.4. The zero-order valence-electron chi connectivity index (χ0n) is 30.3. The van der Waals surface area contributed by atoms with Crippen LogP contribution < -0.4 is 4.90 Å². The molecule has 9 aliphatic rings. The Morgan fingerprint density at radius 2 is 1.86 bits per heavy atom. The van der Waals surface area contributed by atoms with Gasteiger partial charge in [-0.15, -0.1) is 0 Å². The summed E-state index contributed by atoms with van der Waals surface area (Å²) in [6.07, 6.45) is 4.79. The van der Waals surface area contributed by atoms with Crippen LogP contribution in [0.4, 0.5) is 5.69 Å². The summed E-state index contributed by atoms with van der Waals surface area (Å²) in [6.45, 7) is 5.98. The number of hydrogen-bond donors (Lipinski definition) is 2. The average molecular weight is 691 g/mol. The smallest absolute Gasteiger partial charge is 0.316 e. The molecule has 8 aliphatic heterocycles. The molecule has 14 atom stereocenters. The number of rotatable bonds is 3. The van der Waals surface area contributed by atoms with Crippen LogP contribution in [0.25, 0.3) is 10.9 Å². The molecule has 9 heteroatoms. The molecule has 12 rings (SSSR count). The zero-order chi connectivity index (χ0) is 34.9. The van der Waals surface area contributed by atoms with Gasteiger partial charge in [-0.25, -0.2) is 0 Å². The summed E-state index contributed by atoms with van der Waals surface area (Å²) >= 11 is 0. The highest BCUT2D eigenvalue weighted by atomic mass is 16.6. The van der Waals surface area contributed by atoms with Gasteiger partial charge in [0.05, 0.1) is 31.9 Å². The Labute approximate surface area is 299 Å². The van der Waals surface area contributed by atoms with Crippen molar-refractivity contribution in [1.82, 2.24) is 14.4 Å². The Morgan fingerprint density at radius 3 is 2.67 bits per heavy atom. The molecule has 7 fully saturated rings. The number of carbonyl (C=O) groups is 1. The number of ether oxygens (including phenoxy) is 2. The number of piperidine rings is 5. The van der Waals surface area contributed by atoms with E-state index in [1.165, 1.54) is 34.8 Å². The first-order valence-corrected chi connectivity index (χ1v) is 19.3. The quantitative estimate of drug-likeness (QED) is 0.313. The van der Waals surface area contributed by atoms with Gasteiger partial charge in [-0.3, -0.25) is 14.6 Å². The Morgan fingerprint density at radius 1 is 1.08 bits per heavy atom. The van der Waals surface area contributed by atoms with Gasteiger partial charge in [-0.05, 0) is 75.8 Å². The van der Waals surface area contributed by atoms with Gasteiger partial charge in [0.15, 0.2) is 5.79 Å². The summed E-state index contributed by atoms with van der Waals surface area (Å²) in [5, 5.41) is 26.6. The Hall–Kier alpha value is -3.21. The second kappa shape index (κ2) is 10.1. The first-order chi connectivity index (χ1) is 24.6. The van der Waals surface area contributed by atoms with Gasteiger partial charge in [0.1, 0.15) is 5.41 Å². The molecule has 9 nitrogen and oxygen atoms in total. The van der Waals surface area contributed by atoms with E-state index in [1.807, 2.05) is 6.92 Å². The number of anilines is 1. The number of para-hydroxylation sites is 2. The number of fused-ring (bicyclic) bond motifs is 10. The van der Waals surface area contributed by atoms with E-state index >= 15 is 0 Å². The summed E-state index contributed by atoms with van der Waals surface area (Å²) < 4.78 is 14.6. The lowest BCUT2D eigenvalue weighted by molar-refractivity contribution is -0.287. The van der Waals surface area contributed by atoms with Gasteiger partial charge in [-0.2, -0.15) is 0 Å². The zero-order valence-corrected chi connectivity index (χ0v) is 30.3. The molecular formula is C42H50N4O5. The number of aryl methyl sites for hydroxylation is 1. The third kappa shape index (κ3) is 3.42. The molecule has 0 radical (unpaired) electrons. The molecule has 0 amide bonds.